The van der Waals surface area contributed by atoms with Gasteiger partial charge in [-0.2, -0.15) is 0 Å². The molecule has 0 unspecified atom stereocenters. The lowest BCUT2D eigenvalue weighted by Gasteiger charge is -2.22. The number of sulfonamides is 1. The Morgan fingerprint density at radius 3 is 2.38 bits per heavy atom. The molecule has 1 amide bonds. The highest BCUT2D eigenvalue weighted by molar-refractivity contribution is 7.92. The summed E-state index contributed by atoms with van der Waals surface area (Å²) in [4.78, 5) is 12.4. The van der Waals surface area contributed by atoms with E-state index in [1.54, 1.807) is 6.07 Å². The van der Waals surface area contributed by atoms with Gasteiger partial charge in [0.25, 0.3) is 15.9 Å². The molecule has 0 aliphatic heterocycles. The van der Waals surface area contributed by atoms with Crippen LogP contribution in [0.2, 0.25) is 0 Å². The van der Waals surface area contributed by atoms with Gasteiger partial charge in [-0.25, -0.2) is 12.8 Å². The molecule has 0 aromatic heterocycles. The van der Waals surface area contributed by atoms with Gasteiger partial charge in [0.2, 0.25) is 0 Å². The van der Waals surface area contributed by atoms with Crippen LogP contribution in [0.25, 0.3) is 0 Å². The summed E-state index contributed by atoms with van der Waals surface area (Å²) in [7, 11) is -3.87. The Kier molecular flexibility index (Phi) is 5.56. The molecule has 2 aromatic carbocycles. The van der Waals surface area contributed by atoms with Crippen molar-refractivity contribution in [3.63, 3.8) is 0 Å². The van der Waals surface area contributed by atoms with E-state index in [0.29, 0.717) is 5.56 Å². The Bertz CT molecular complexity index is 876. The first-order chi connectivity index (χ1) is 12.4. The highest BCUT2D eigenvalue weighted by atomic mass is 32.2. The lowest BCUT2D eigenvalue weighted by molar-refractivity contribution is 0.0927. The van der Waals surface area contributed by atoms with Crippen molar-refractivity contribution in [2.24, 2.45) is 0 Å². The first kappa shape index (κ1) is 18.4. The number of anilines is 1. The summed E-state index contributed by atoms with van der Waals surface area (Å²) in [5, 5.41) is 2.97. The number of nitrogens with one attached hydrogen (secondary N) is 2. The third-order valence-corrected chi connectivity index (χ3v) is 5.82. The van der Waals surface area contributed by atoms with Gasteiger partial charge in [-0.05, 0) is 55.3 Å². The maximum atomic E-state index is 13.0. The van der Waals surface area contributed by atoms with Crippen molar-refractivity contribution in [3.05, 3.63) is 59.9 Å². The monoisotopic (exact) mass is 376 g/mol. The zero-order valence-corrected chi connectivity index (χ0v) is 15.1. The number of hydrogen-bond donors (Lipinski definition) is 2. The number of carbonyl (C=O) groups excluding carboxylic acids is 1. The second kappa shape index (κ2) is 7.86. The minimum atomic E-state index is -3.87. The van der Waals surface area contributed by atoms with E-state index in [9.17, 15) is 17.6 Å². The zero-order chi connectivity index (χ0) is 18.6. The van der Waals surface area contributed by atoms with Crippen LogP contribution in [0.4, 0.5) is 10.1 Å². The number of carbonyl (C=O) groups is 1. The highest BCUT2D eigenvalue weighted by Crippen LogP contribution is 2.20. The fourth-order valence-corrected chi connectivity index (χ4v) is 4.16. The molecule has 138 valence electrons. The third kappa shape index (κ3) is 4.60. The van der Waals surface area contributed by atoms with Crippen molar-refractivity contribution < 1.29 is 17.6 Å². The van der Waals surface area contributed by atoms with Crippen LogP contribution in [0, 0.1) is 5.82 Å². The molecule has 7 heteroatoms. The van der Waals surface area contributed by atoms with Crippen LogP contribution in [0.3, 0.4) is 0 Å². The Hall–Kier alpha value is -2.41. The maximum absolute atomic E-state index is 13.0. The van der Waals surface area contributed by atoms with Crippen molar-refractivity contribution in [3.8, 4) is 0 Å². The minimum absolute atomic E-state index is 0.0156. The normalized spacial score (nSPS) is 15.4. The largest absolute Gasteiger partial charge is 0.349 e. The lowest BCUT2D eigenvalue weighted by Crippen LogP contribution is -2.36. The number of halogens is 1. The fraction of sp³-hybridized carbons (Fsp3) is 0.316. The second-order valence-electron chi connectivity index (χ2n) is 6.45. The van der Waals surface area contributed by atoms with E-state index in [2.05, 4.69) is 10.0 Å². The van der Waals surface area contributed by atoms with Gasteiger partial charge in [0.15, 0.2) is 0 Å². The molecule has 0 radical (unpaired) electrons. The quantitative estimate of drug-likeness (QED) is 0.836. The van der Waals surface area contributed by atoms with Gasteiger partial charge in [0.05, 0.1) is 4.90 Å². The average Bonchev–Trinajstić information content (AvgIpc) is 2.64. The van der Waals surface area contributed by atoms with Crippen LogP contribution >= 0.6 is 0 Å². The lowest BCUT2D eigenvalue weighted by atomic mass is 9.95. The molecule has 5 nitrogen and oxygen atoms in total. The van der Waals surface area contributed by atoms with Crippen LogP contribution in [-0.2, 0) is 10.0 Å². The van der Waals surface area contributed by atoms with E-state index in [0.717, 1.165) is 25.7 Å². The summed E-state index contributed by atoms with van der Waals surface area (Å²) < 4.78 is 40.4. The first-order valence-corrected chi connectivity index (χ1v) is 10.1. The van der Waals surface area contributed by atoms with Crippen LogP contribution in [0.5, 0.6) is 0 Å². The van der Waals surface area contributed by atoms with Crippen molar-refractivity contribution in [1.82, 2.24) is 5.32 Å². The Morgan fingerprint density at radius 2 is 1.69 bits per heavy atom. The average molecular weight is 376 g/mol. The van der Waals surface area contributed by atoms with Gasteiger partial charge in [-0.1, -0.05) is 25.3 Å². The first-order valence-electron chi connectivity index (χ1n) is 8.63. The highest BCUT2D eigenvalue weighted by Gasteiger charge is 2.19. The molecule has 1 saturated carbocycles. The van der Waals surface area contributed by atoms with Gasteiger partial charge >= 0.3 is 0 Å². The fourth-order valence-electron chi connectivity index (χ4n) is 3.05. The van der Waals surface area contributed by atoms with Gasteiger partial charge < -0.3 is 5.32 Å². The molecule has 0 saturated heterocycles. The predicted molar refractivity (Wildman–Crippen MR) is 98.0 cm³/mol. The summed E-state index contributed by atoms with van der Waals surface area (Å²) in [5.41, 5.74) is 0.556. The summed E-state index contributed by atoms with van der Waals surface area (Å²) in [6.07, 6.45) is 5.29. The van der Waals surface area contributed by atoms with E-state index in [4.69, 9.17) is 0 Å². The predicted octanol–water partition coefficient (Wildman–Crippen LogP) is 3.69. The SMILES string of the molecule is O=C(NC1CCCCC1)c1cccc(S(=O)(=O)Nc2ccc(F)cc2)c1. The maximum Gasteiger partial charge on any atom is 0.261 e. The van der Waals surface area contributed by atoms with Crippen LogP contribution in [-0.4, -0.2) is 20.4 Å². The second-order valence-corrected chi connectivity index (χ2v) is 8.13. The smallest absolute Gasteiger partial charge is 0.261 e. The van der Waals surface area contributed by atoms with Crippen LogP contribution in [0.1, 0.15) is 42.5 Å². The van der Waals surface area contributed by atoms with Crippen LogP contribution < -0.4 is 10.0 Å². The van der Waals surface area contributed by atoms with Gasteiger partial charge in [-0.15, -0.1) is 0 Å². The van der Waals surface area contributed by atoms with E-state index in [-0.39, 0.29) is 22.5 Å². The molecule has 0 heterocycles. The van der Waals surface area contributed by atoms with E-state index < -0.39 is 15.8 Å². The van der Waals surface area contributed by atoms with Crippen molar-refractivity contribution in [2.75, 3.05) is 4.72 Å². The van der Waals surface area contributed by atoms with Crippen molar-refractivity contribution in [2.45, 2.75) is 43.0 Å². The zero-order valence-electron chi connectivity index (χ0n) is 14.2. The molecule has 0 bridgehead atoms. The molecule has 1 fully saturated rings. The Balaban J connectivity index is 1.74. The van der Waals surface area contributed by atoms with E-state index in [1.165, 1.54) is 48.9 Å². The number of amides is 1. The molecule has 3 rings (SSSR count). The standard InChI is InChI=1S/C19H21FN2O3S/c20-15-9-11-17(12-10-15)22-26(24,25)18-8-4-5-14(13-18)19(23)21-16-6-2-1-3-7-16/h4-5,8-13,16,22H,1-3,6-7H2,(H,21,23). The number of benzene rings is 2. The summed E-state index contributed by atoms with van der Waals surface area (Å²) >= 11 is 0. The van der Waals surface area contributed by atoms with Gasteiger partial charge in [-0.3, -0.25) is 9.52 Å². The number of rotatable bonds is 5. The molecule has 0 atom stereocenters. The topological polar surface area (TPSA) is 75.3 Å². The minimum Gasteiger partial charge on any atom is -0.349 e. The molecule has 2 aromatic rings. The van der Waals surface area contributed by atoms with Crippen LogP contribution in [0.15, 0.2) is 53.4 Å². The summed E-state index contributed by atoms with van der Waals surface area (Å²) in [6.45, 7) is 0. The van der Waals surface area contributed by atoms with Gasteiger partial charge in [0.1, 0.15) is 5.82 Å². The summed E-state index contributed by atoms with van der Waals surface area (Å²) in [6, 6.07) is 11.1. The molecule has 1 aliphatic carbocycles. The van der Waals surface area contributed by atoms with E-state index in [1.807, 2.05) is 0 Å². The summed E-state index contributed by atoms with van der Waals surface area (Å²) in [5.74, 6) is -0.718. The van der Waals surface area contributed by atoms with Crippen molar-refractivity contribution in [1.29, 1.82) is 0 Å². The molecule has 0 spiro atoms. The molecule has 1 aliphatic rings. The Labute approximate surface area is 152 Å². The molecular formula is C19H21FN2O3S. The van der Waals surface area contributed by atoms with Crippen molar-refractivity contribution >= 4 is 21.6 Å². The Morgan fingerprint density at radius 1 is 1.00 bits per heavy atom. The molecular weight excluding hydrogens is 355 g/mol. The van der Waals surface area contributed by atoms with Gasteiger partial charge in [0, 0.05) is 17.3 Å². The molecule has 2 N–H and O–H groups in total. The molecule has 26 heavy (non-hydrogen) atoms. The van der Waals surface area contributed by atoms with E-state index >= 15 is 0 Å². The third-order valence-electron chi connectivity index (χ3n) is 4.44. The number of hydrogen-bond acceptors (Lipinski definition) is 3.